The maximum absolute atomic E-state index is 13.5. The second-order valence-corrected chi connectivity index (χ2v) is 6.79. The molecule has 1 aromatic heterocycles. The third-order valence-corrected chi connectivity index (χ3v) is 4.78. The predicted molar refractivity (Wildman–Crippen MR) is 103 cm³/mol. The van der Waals surface area contributed by atoms with Gasteiger partial charge < -0.3 is 20.7 Å². The van der Waals surface area contributed by atoms with Crippen LogP contribution in [0.25, 0.3) is 0 Å². The minimum Gasteiger partial charge on any atom is -0.374 e. The van der Waals surface area contributed by atoms with Gasteiger partial charge in [-0.25, -0.2) is 4.98 Å². The molecule has 2 rings (SSSR count). The van der Waals surface area contributed by atoms with Gasteiger partial charge >= 0.3 is 6.18 Å². The molecule has 1 aromatic carbocycles. The number of imidazole rings is 1. The lowest BCUT2D eigenvalue weighted by atomic mass is 9.98. The van der Waals surface area contributed by atoms with E-state index in [9.17, 15) is 18.3 Å². The van der Waals surface area contributed by atoms with Crippen molar-refractivity contribution in [1.82, 2.24) is 9.55 Å². The Balaban J connectivity index is 2.04. The Kier molecular flexibility index (Phi) is 6.71. The second-order valence-electron chi connectivity index (χ2n) is 6.79. The first-order chi connectivity index (χ1) is 13.1. The molecular formula is C19H26F3N5O. The average Bonchev–Trinajstić information content (AvgIpc) is 3.07. The molecule has 154 valence electrons. The van der Waals surface area contributed by atoms with Gasteiger partial charge in [-0.2, -0.15) is 13.2 Å². The van der Waals surface area contributed by atoms with Crippen LogP contribution in [0.2, 0.25) is 0 Å². The lowest BCUT2D eigenvalue weighted by molar-refractivity contribution is -0.272. The number of aromatic nitrogens is 2. The fourth-order valence-corrected chi connectivity index (χ4v) is 2.80. The van der Waals surface area contributed by atoms with Crippen molar-refractivity contribution in [2.75, 3.05) is 11.9 Å². The number of hydrogen-bond donors (Lipinski definition) is 3. The van der Waals surface area contributed by atoms with Gasteiger partial charge in [0.2, 0.25) is 5.60 Å². The van der Waals surface area contributed by atoms with E-state index in [4.69, 9.17) is 5.73 Å². The van der Waals surface area contributed by atoms with Crippen LogP contribution in [0.3, 0.4) is 0 Å². The highest BCUT2D eigenvalue weighted by Crippen LogP contribution is 2.40. The zero-order valence-corrected chi connectivity index (χ0v) is 16.2. The molecule has 0 saturated carbocycles. The van der Waals surface area contributed by atoms with Crippen LogP contribution < -0.4 is 11.1 Å². The summed E-state index contributed by atoms with van der Waals surface area (Å²) in [5, 5.41) is 13.1. The van der Waals surface area contributed by atoms with Crippen LogP contribution in [-0.4, -0.2) is 33.3 Å². The van der Waals surface area contributed by atoms with Crippen LogP contribution in [0.4, 0.5) is 18.9 Å². The highest BCUT2D eigenvalue weighted by atomic mass is 19.4. The second kappa shape index (κ2) is 8.64. The quantitative estimate of drug-likeness (QED) is 0.493. The van der Waals surface area contributed by atoms with Crippen molar-refractivity contribution in [3.8, 4) is 0 Å². The molecule has 0 radical (unpaired) electrons. The van der Waals surface area contributed by atoms with Crippen molar-refractivity contribution in [2.24, 2.45) is 17.8 Å². The number of benzene rings is 1. The molecule has 0 amide bonds. The van der Waals surface area contributed by atoms with Crippen molar-refractivity contribution in [3.05, 3.63) is 48.0 Å². The first kappa shape index (κ1) is 21.7. The largest absolute Gasteiger partial charge is 0.424 e. The van der Waals surface area contributed by atoms with Gasteiger partial charge in [0.15, 0.2) is 5.96 Å². The molecule has 0 aliphatic heterocycles. The standard InChI is InChI=1S/C19H26F3N5O/c1-4-13(2)14-5-7-15(8-6-14)26-17(23)25-10-9-18(28,19(20,21)22)16-24-11-12-27(16)3/h5-8,11-13,28H,4,9-10H2,1-3H3,(H3,23,25,26). The van der Waals surface area contributed by atoms with Crippen LogP contribution in [0.15, 0.2) is 41.7 Å². The number of nitrogens with one attached hydrogen (secondary N) is 1. The monoisotopic (exact) mass is 397 g/mol. The van der Waals surface area contributed by atoms with E-state index >= 15 is 0 Å². The molecule has 0 spiro atoms. The number of alkyl halides is 3. The summed E-state index contributed by atoms with van der Waals surface area (Å²) in [6.45, 7) is 3.91. The smallest absolute Gasteiger partial charge is 0.374 e. The molecule has 0 fully saturated rings. The first-order valence-electron chi connectivity index (χ1n) is 9.02. The Labute approximate surface area is 162 Å². The molecule has 1 heterocycles. The lowest BCUT2D eigenvalue weighted by Crippen LogP contribution is -2.45. The Morgan fingerprint density at radius 3 is 2.46 bits per heavy atom. The van der Waals surface area contributed by atoms with Crippen molar-refractivity contribution in [1.29, 1.82) is 0 Å². The van der Waals surface area contributed by atoms with Gasteiger partial charge in [0.25, 0.3) is 0 Å². The van der Waals surface area contributed by atoms with Crippen molar-refractivity contribution in [2.45, 2.75) is 44.4 Å². The minimum absolute atomic E-state index is 0.0272. The van der Waals surface area contributed by atoms with Gasteiger partial charge in [-0.05, 0) is 30.0 Å². The van der Waals surface area contributed by atoms with Crippen LogP contribution in [0, 0.1) is 0 Å². The number of anilines is 1. The summed E-state index contributed by atoms with van der Waals surface area (Å²) in [7, 11) is 1.39. The van der Waals surface area contributed by atoms with E-state index < -0.39 is 24.0 Å². The van der Waals surface area contributed by atoms with Crippen LogP contribution in [0.1, 0.15) is 44.0 Å². The first-order valence-corrected chi connectivity index (χ1v) is 9.02. The lowest BCUT2D eigenvalue weighted by Gasteiger charge is -2.29. The van der Waals surface area contributed by atoms with Crippen LogP contribution in [0.5, 0.6) is 0 Å². The van der Waals surface area contributed by atoms with E-state index in [1.54, 1.807) is 0 Å². The number of nitrogens with zero attached hydrogens (tertiary/aromatic N) is 3. The molecule has 0 aliphatic carbocycles. The van der Waals surface area contributed by atoms with E-state index in [0.29, 0.717) is 11.6 Å². The molecule has 2 unspecified atom stereocenters. The van der Waals surface area contributed by atoms with E-state index in [1.165, 1.54) is 25.0 Å². The predicted octanol–water partition coefficient (Wildman–Crippen LogP) is 3.50. The molecule has 2 atom stereocenters. The third-order valence-electron chi connectivity index (χ3n) is 4.78. The fourth-order valence-electron chi connectivity index (χ4n) is 2.80. The number of hydrogen-bond acceptors (Lipinski definition) is 3. The molecule has 4 N–H and O–H groups in total. The summed E-state index contributed by atoms with van der Waals surface area (Å²) >= 11 is 0. The summed E-state index contributed by atoms with van der Waals surface area (Å²) in [5.41, 5.74) is 4.54. The number of aliphatic hydroxyl groups is 1. The van der Waals surface area contributed by atoms with Gasteiger partial charge in [-0.1, -0.05) is 26.0 Å². The summed E-state index contributed by atoms with van der Waals surface area (Å²) in [5.74, 6) is -0.0748. The molecule has 6 nitrogen and oxygen atoms in total. The minimum atomic E-state index is -4.89. The molecule has 0 bridgehead atoms. The fraction of sp³-hybridized carbons (Fsp3) is 0.474. The summed E-state index contributed by atoms with van der Waals surface area (Å²) in [6, 6.07) is 7.61. The third kappa shape index (κ3) is 4.83. The topological polar surface area (TPSA) is 88.5 Å². The maximum atomic E-state index is 13.5. The number of rotatable bonds is 7. The normalized spacial score (nSPS) is 15.9. The van der Waals surface area contributed by atoms with Gasteiger partial charge in [0, 0.05) is 38.1 Å². The number of nitrogens with two attached hydrogens (primary N) is 1. The number of guanidine groups is 1. The maximum Gasteiger partial charge on any atom is 0.424 e. The summed E-state index contributed by atoms with van der Waals surface area (Å²) < 4.78 is 41.5. The molecule has 0 aliphatic rings. The van der Waals surface area contributed by atoms with E-state index in [0.717, 1.165) is 11.0 Å². The van der Waals surface area contributed by atoms with Crippen molar-refractivity contribution < 1.29 is 18.3 Å². The van der Waals surface area contributed by atoms with Crippen molar-refractivity contribution in [3.63, 3.8) is 0 Å². The number of aliphatic imine (C=N–C) groups is 1. The molecule has 9 heteroatoms. The zero-order valence-electron chi connectivity index (χ0n) is 16.2. The Bertz CT molecular complexity index is 801. The van der Waals surface area contributed by atoms with Gasteiger partial charge in [0.1, 0.15) is 5.82 Å². The molecular weight excluding hydrogens is 371 g/mol. The van der Waals surface area contributed by atoms with Crippen molar-refractivity contribution >= 4 is 11.6 Å². The Morgan fingerprint density at radius 1 is 1.32 bits per heavy atom. The van der Waals surface area contributed by atoms with E-state index in [2.05, 4.69) is 29.1 Å². The Morgan fingerprint density at radius 2 is 1.96 bits per heavy atom. The Hall–Kier alpha value is -2.55. The van der Waals surface area contributed by atoms with E-state index in [-0.39, 0.29) is 12.5 Å². The van der Waals surface area contributed by atoms with Gasteiger partial charge in [-0.15, -0.1) is 0 Å². The van der Waals surface area contributed by atoms with Crippen LogP contribution >= 0.6 is 0 Å². The highest BCUT2D eigenvalue weighted by Gasteiger charge is 2.57. The molecule has 2 aromatic rings. The van der Waals surface area contributed by atoms with Crippen LogP contribution in [-0.2, 0) is 12.6 Å². The van der Waals surface area contributed by atoms with Gasteiger partial charge in [-0.3, -0.25) is 4.99 Å². The summed E-state index contributed by atoms with van der Waals surface area (Å²) in [4.78, 5) is 7.56. The number of halogens is 3. The zero-order chi connectivity index (χ0) is 20.9. The number of aryl methyl sites for hydroxylation is 1. The summed E-state index contributed by atoms with van der Waals surface area (Å²) in [6.07, 6.45) is -2.02. The highest BCUT2D eigenvalue weighted by molar-refractivity contribution is 5.92. The molecule has 28 heavy (non-hydrogen) atoms. The van der Waals surface area contributed by atoms with E-state index in [1.807, 2.05) is 24.3 Å². The SMILES string of the molecule is CCC(C)c1ccc(NC(N)=NCCC(O)(c2nccn2C)C(F)(F)F)cc1. The van der Waals surface area contributed by atoms with Gasteiger partial charge in [0.05, 0.1) is 0 Å². The molecule has 0 saturated heterocycles. The average molecular weight is 397 g/mol.